The molecule has 2 heterocycles. The summed E-state index contributed by atoms with van der Waals surface area (Å²) in [7, 11) is -5.76. The summed E-state index contributed by atoms with van der Waals surface area (Å²) >= 11 is 0. The van der Waals surface area contributed by atoms with Gasteiger partial charge in [0, 0.05) is 13.1 Å². The fraction of sp³-hybridized carbons (Fsp3) is 0.800. The molecule has 0 radical (unpaired) electrons. The minimum Gasteiger partial charge on any atom is -0.444 e. The van der Waals surface area contributed by atoms with Crippen LogP contribution < -0.4 is 0 Å². The third-order valence-corrected chi connectivity index (χ3v) is 4.99. The summed E-state index contributed by atoms with van der Waals surface area (Å²) in [5, 5.41) is 0. The fourth-order valence-electron chi connectivity index (χ4n) is 2.70. The van der Waals surface area contributed by atoms with E-state index in [1.54, 1.807) is 20.8 Å². The van der Waals surface area contributed by atoms with E-state index in [1.165, 1.54) is 11.0 Å². The summed E-state index contributed by atoms with van der Waals surface area (Å²) in [5.41, 5.74) is -7.03. The van der Waals surface area contributed by atoms with Crippen LogP contribution >= 0.6 is 0 Å². The number of likely N-dealkylation sites (tertiary alicyclic amines) is 1. The Kier molecular flexibility index (Phi) is 5.65. The van der Waals surface area contributed by atoms with Crippen molar-refractivity contribution in [2.75, 3.05) is 13.1 Å². The third-order valence-electron chi connectivity index (χ3n) is 3.98. The van der Waals surface area contributed by atoms with E-state index in [0.29, 0.717) is 19.3 Å². The average molecular weight is 401 g/mol. The van der Waals surface area contributed by atoms with Crippen molar-refractivity contribution >= 4 is 16.2 Å². The van der Waals surface area contributed by atoms with Crippen molar-refractivity contribution in [3.63, 3.8) is 0 Å². The lowest BCUT2D eigenvalue weighted by Gasteiger charge is -2.44. The maximum atomic E-state index is 12.4. The zero-order valence-corrected chi connectivity index (χ0v) is 15.5. The lowest BCUT2D eigenvalue weighted by molar-refractivity contribution is -0.176. The molecule has 7 nitrogen and oxygen atoms in total. The topological polar surface area (TPSA) is 82.1 Å². The van der Waals surface area contributed by atoms with E-state index in [-0.39, 0.29) is 13.1 Å². The van der Waals surface area contributed by atoms with Gasteiger partial charge in [-0.25, -0.2) is 8.98 Å². The smallest absolute Gasteiger partial charge is 0.444 e. The number of rotatable bonds is 2. The molecule has 26 heavy (non-hydrogen) atoms. The average Bonchev–Trinajstić information content (AvgIpc) is 2.44. The molecule has 0 saturated carbocycles. The molecule has 0 aromatic rings. The second-order valence-corrected chi connectivity index (χ2v) is 8.83. The van der Waals surface area contributed by atoms with Crippen LogP contribution in [0.15, 0.2) is 12.2 Å². The molecule has 0 bridgehead atoms. The maximum Gasteiger partial charge on any atom is 0.523 e. The van der Waals surface area contributed by atoms with E-state index < -0.39 is 39.2 Å². The number of halogens is 3. The highest BCUT2D eigenvalue weighted by atomic mass is 32.2. The van der Waals surface area contributed by atoms with Gasteiger partial charge in [-0.1, -0.05) is 6.08 Å². The number of piperidine rings is 1. The van der Waals surface area contributed by atoms with Crippen molar-refractivity contribution in [3.05, 3.63) is 12.2 Å². The van der Waals surface area contributed by atoms with Crippen LogP contribution in [0, 0.1) is 0 Å². The molecule has 1 amide bonds. The molecular weight excluding hydrogens is 379 g/mol. The van der Waals surface area contributed by atoms with Crippen LogP contribution in [-0.4, -0.2) is 55.5 Å². The molecule has 1 atom stereocenters. The molecule has 1 spiro atoms. The molecule has 1 fully saturated rings. The van der Waals surface area contributed by atoms with Gasteiger partial charge in [0.1, 0.15) is 5.60 Å². The Morgan fingerprint density at radius 1 is 1.23 bits per heavy atom. The summed E-state index contributed by atoms with van der Waals surface area (Å²) in [6.45, 7) is 5.79. The normalized spacial score (nSPS) is 23.9. The molecule has 2 aliphatic rings. The van der Waals surface area contributed by atoms with Gasteiger partial charge in [-0.3, -0.25) is 0 Å². The Balaban J connectivity index is 1.97. The number of nitrogens with zero attached hydrogens (tertiary/aromatic N) is 1. The van der Waals surface area contributed by atoms with Crippen LogP contribution in [0.3, 0.4) is 0 Å². The second kappa shape index (κ2) is 7.01. The highest BCUT2D eigenvalue weighted by Gasteiger charge is 2.50. The highest BCUT2D eigenvalue weighted by Crippen LogP contribution is 2.36. The highest BCUT2D eigenvalue weighted by molar-refractivity contribution is 7.87. The van der Waals surface area contributed by atoms with Crippen LogP contribution in [0.2, 0.25) is 0 Å². The van der Waals surface area contributed by atoms with E-state index >= 15 is 0 Å². The Morgan fingerprint density at radius 3 is 2.31 bits per heavy atom. The van der Waals surface area contributed by atoms with Crippen molar-refractivity contribution in [2.45, 2.75) is 63.0 Å². The molecule has 11 heteroatoms. The number of amides is 1. The fourth-order valence-corrected chi connectivity index (χ4v) is 3.17. The SMILES string of the molecule is CC(C)(C)OC(=O)N1CCC2(CC=CC(OS(=O)(=O)C(F)(F)F)O2)CC1. The van der Waals surface area contributed by atoms with E-state index in [1.807, 2.05) is 0 Å². The zero-order chi connectivity index (χ0) is 19.8. The van der Waals surface area contributed by atoms with Gasteiger partial charge in [-0.15, -0.1) is 0 Å². The van der Waals surface area contributed by atoms with Gasteiger partial charge < -0.3 is 14.4 Å². The summed E-state index contributed by atoms with van der Waals surface area (Å²) in [5.74, 6) is 0. The summed E-state index contributed by atoms with van der Waals surface area (Å²) < 4.78 is 74.5. The van der Waals surface area contributed by atoms with Crippen LogP contribution in [0.4, 0.5) is 18.0 Å². The predicted octanol–water partition coefficient (Wildman–Crippen LogP) is 2.92. The summed E-state index contributed by atoms with van der Waals surface area (Å²) in [6.07, 6.45) is 1.57. The van der Waals surface area contributed by atoms with Crippen LogP contribution in [0.5, 0.6) is 0 Å². The van der Waals surface area contributed by atoms with E-state index in [4.69, 9.17) is 9.47 Å². The van der Waals surface area contributed by atoms with Crippen LogP contribution in [0.1, 0.15) is 40.0 Å². The summed E-state index contributed by atoms with van der Waals surface area (Å²) in [6, 6.07) is 0. The number of hydrogen-bond donors (Lipinski definition) is 0. The lowest BCUT2D eigenvalue weighted by Crippen LogP contribution is -2.51. The minimum atomic E-state index is -5.76. The number of alkyl halides is 3. The largest absolute Gasteiger partial charge is 0.523 e. The van der Waals surface area contributed by atoms with E-state index in [9.17, 15) is 26.4 Å². The lowest BCUT2D eigenvalue weighted by atomic mass is 9.86. The molecule has 0 aliphatic carbocycles. The zero-order valence-electron chi connectivity index (χ0n) is 14.7. The van der Waals surface area contributed by atoms with Gasteiger partial charge in [0.05, 0.1) is 5.60 Å². The van der Waals surface area contributed by atoms with E-state index in [2.05, 4.69) is 4.18 Å². The van der Waals surface area contributed by atoms with Crippen molar-refractivity contribution in [1.29, 1.82) is 0 Å². The number of ether oxygens (including phenoxy) is 2. The molecule has 2 aliphatic heterocycles. The van der Waals surface area contributed by atoms with Gasteiger partial charge >= 0.3 is 21.7 Å². The second-order valence-electron chi connectivity index (χ2n) is 7.27. The summed E-state index contributed by atoms with van der Waals surface area (Å²) in [4.78, 5) is 13.6. The quantitative estimate of drug-likeness (QED) is 0.402. The molecule has 0 N–H and O–H groups in total. The minimum absolute atomic E-state index is 0.279. The number of carbonyl (C=O) groups is 1. The van der Waals surface area contributed by atoms with E-state index in [0.717, 1.165) is 6.08 Å². The molecule has 150 valence electrons. The van der Waals surface area contributed by atoms with Crippen molar-refractivity contribution < 1.29 is 40.0 Å². The Hall–Kier alpha value is -1.33. The first kappa shape index (κ1) is 21.0. The monoisotopic (exact) mass is 401 g/mol. The standard InChI is InChI=1S/C15H22F3NO6S/c1-13(2,3)24-12(20)19-9-7-14(8-10-19)6-4-5-11(23-14)25-26(21,22)15(16,17)18/h4-5,11H,6-10H2,1-3H3. The maximum absolute atomic E-state index is 12.4. The van der Waals surface area contributed by atoms with Gasteiger partial charge in [0.25, 0.3) is 0 Å². The predicted molar refractivity (Wildman–Crippen MR) is 84.5 cm³/mol. The van der Waals surface area contributed by atoms with Gasteiger partial charge in [0.2, 0.25) is 0 Å². The third kappa shape index (κ3) is 5.10. The van der Waals surface area contributed by atoms with Gasteiger partial charge in [-0.2, -0.15) is 21.6 Å². The molecule has 2 rings (SSSR count). The van der Waals surface area contributed by atoms with Crippen LogP contribution in [0.25, 0.3) is 0 Å². The Morgan fingerprint density at radius 2 is 1.81 bits per heavy atom. The van der Waals surface area contributed by atoms with Crippen LogP contribution in [-0.2, 0) is 23.8 Å². The number of carbonyl (C=O) groups excluding carboxylic acids is 1. The molecule has 1 unspecified atom stereocenters. The first-order valence-corrected chi connectivity index (χ1v) is 9.46. The first-order chi connectivity index (χ1) is 11.7. The molecule has 0 aromatic carbocycles. The molecular formula is C15H22F3NO6S. The molecule has 1 saturated heterocycles. The van der Waals surface area contributed by atoms with Crippen molar-refractivity contribution in [3.8, 4) is 0 Å². The Bertz CT molecular complexity index is 660. The molecule has 0 aromatic heterocycles. The van der Waals surface area contributed by atoms with Crippen molar-refractivity contribution in [1.82, 2.24) is 4.90 Å². The Labute approximate surface area is 150 Å². The van der Waals surface area contributed by atoms with Gasteiger partial charge in [-0.05, 0) is 46.1 Å². The van der Waals surface area contributed by atoms with Gasteiger partial charge in [0.15, 0.2) is 6.29 Å². The van der Waals surface area contributed by atoms with Crippen molar-refractivity contribution in [2.24, 2.45) is 0 Å². The number of hydrogen-bond acceptors (Lipinski definition) is 6. The first-order valence-electron chi connectivity index (χ1n) is 8.05.